The van der Waals surface area contributed by atoms with Crippen molar-refractivity contribution in [1.29, 1.82) is 0 Å². The van der Waals surface area contributed by atoms with Gasteiger partial charge >= 0.3 is 0 Å². The number of nitrogens with one attached hydrogen (secondary N) is 1. The monoisotopic (exact) mass is 265 g/mol. The van der Waals surface area contributed by atoms with Gasteiger partial charge in [-0.1, -0.05) is 12.2 Å². The normalized spacial score (nSPS) is 12.1. The average molecular weight is 265 g/mol. The molecule has 0 radical (unpaired) electrons. The Morgan fingerprint density at radius 1 is 1.53 bits per heavy atom. The summed E-state index contributed by atoms with van der Waals surface area (Å²) >= 11 is 6.54. The summed E-state index contributed by atoms with van der Waals surface area (Å²) in [6, 6.07) is 1.78. The fourth-order valence-corrected chi connectivity index (χ4v) is 2.16. The molecule has 0 saturated heterocycles. The van der Waals surface area contributed by atoms with Crippen LogP contribution in [0.2, 0.25) is 0 Å². The third-order valence-electron chi connectivity index (χ3n) is 2.16. The van der Waals surface area contributed by atoms with Gasteiger partial charge in [0.15, 0.2) is 5.82 Å². The van der Waals surface area contributed by atoms with Crippen molar-refractivity contribution in [2.24, 2.45) is 5.73 Å². The Kier molecular flexibility index (Phi) is 3.60. The highest BCUT2D eigenvalue weighted by Gasteiger charge is 2.12. The number of hydrogen-bond acceptors (Lipinski definition) is 6. The molecule has 1 unspecified atom stereocenters. The van der Waals surface area contributed by atoms with Crippen molar-refractivity contribution in [3.05, 3.63) is 34.4 Å². The molecule has 0 aliphatic rings. The Morgan fingerprint density at radius 2 is 2.35 bits per heavy atom. The molecule has 0 aliphatic carbocycles. The Labute approximate surface area is 108 Å². The van der Waals surface area contributed by atoms with Crippen LogP contribution in [0.15, 0.2) is 23.8 Å². The highest BCUT2D eigenvalue weighted by Crippen LogP contribution is 2.21. The van der Waals surface area contributed by atoms with E-state index in [1.54, 1.807) is 29.8 Å². The van der Waals surface area contributed by atoms with Crippen LogP contribution in [0.25, 0.3) is 0 Å². The standard InChI is InChI=1S/C10H11N5S2/c1-6(10-12-4-5-17-10)14-9-7(8(11)16)2-3-13-15-9/h2-6H,1H3,(H2,11,16)(H,14,15). The van der Waals surface area contributed by atoms with Gasteiger partial charge in [-0.05, 0) is 13.0 Å². The number of aromatic nitrogens is 3. The van der Waals surface area contributed by atoms with Crippen molar-refractivity contribution in [1.82, 2.24) is 15.2 Å². The van der Waals surface area contributed by atoms with E-state index < -0.39 is 0 Å². The third kappa shape index (κ3) is 2.75. The topological polar surface area (TPSA) is 76.7 Å². The molecule has 2 heterocycles. The highest BCUT2D eigenvalue weighted by molar-refractivity contribution is 7.80. The number of nitrogens with two attached hydrogens (primary N) is 1. The molecule has 88 valence electrons. The summed E-state index contributed by atoms with van der Waals surface area (Å²) in [5.41, 5.74) is 6.31. The van der Waals surface area contributed by atoms with E-state index in [2.05, 4.69) is 20.5 Å². The Bertz CT molecular complexity index is 511. The lowest BCUT2D eigenvalue weighted by Gasteiger charge is -2.13. The summed E-state index contributed by atoms with van der Waals surface area (Å²) in [5.74, 6) is 0.586. The predicted molar refractivity (Wildman–Crippen MR) is 72.1 cm³/mol. The van der Waals surface area contributed by atoms with Gasteiger partial charge < -0.3 is 11.1 Å². The van der Waals surface area contributed by atoms with Crippen molar-refractivity contribution >= 4 is 34.4 Å². The maximum atomic E-state index is 5.62. The molecule has 0 aromatic carbocycles. The maximum Gasteiger partial charge on any atom is 0.159 e. The molecule has 0 amide bonds. The molecular formula is C10H11N5S2. The minimum atomic E-state index is 0.0415. The first kappa shape index (κ1) is 11.9. The fourth-order valence-electron chi connectivity index (χ4n) is 1.35. The van der Waals surface area contributed by atoms with Crippen LogP contribution in [0.4, 0.5) is 5.82 Å². The molecule has 0 aliphatic heterocycles. The van der Waals surface area contributed by atoms with Gasteiger partial charge in [-0.2, -0.15) is 5.10 Å². The number of hydrogen-bond donors (Lipinski definition) is 2. The van der Waals surface area contributed by atoms with Crippen LogP contribution >= 0.6 is 23.6 Å². The van der Waals surface area contributed by atoms with Crippen LogP contribution in [0.5, 0.6) is 0 Å². The number of nitrogens with zero attached hydrogens (tertiary/aromatic N) is 3. The van der Waals surface area contributed by atoms with Gasteiger partial charge in [0.25, 0.3) is 0 Å². The van der Waals surface area contributed by atoms with E-state index in [4.69, 9.17) is 18.0 Å². The summed E-state index contributed by atoms with van der Waals surface area (Å²) in [7, 11) is 0. The minimum absolute atomic E-state index is 0.0415. The third-order valence-corrected chi connectivity index (χ3v) is 3.34. The second-order valence-electron chi connectivity index (χ2n) is 3.39. The Balaban J connectivity index is 2.21. The Hall–Kier alpha value is -1.60. The van der Waals surface area contributed by atoms with Crippen LogP contribution in [-0.2, 0) is 0 Å². The van der Waals surface area contributed by atoms with Crippen LogP contribution in [-0.4, -0.2) is 20.2 Å². The molecule has 1 atom stereocenters. The largest absolute Gasteiger partial charge is 0.389 e. The molecule has 0 fully saturated rings. The maximum absolute atomic E-state index is 5.62. The average Bonchev–Trinajstić information content (AvgIpc) is 2.83. The van der Waals surface area contributed by atoms with E-state index >= 15 is 0 Å². The minimum Gasteiger partial charge on any atom is -0.389 e. The molecule has 0 saturated carbocycles. The zero-order valence-corrected chi connectivity index (χ0v) is 10.8. The lowest BCUT2D eigenvalue weighted by atomic mass is 10.2. The summed E-state index contributed by atoms with van der Waals surface area (Å²) in [5, 5.41) is 13.9. The van der Waals surface area contributed by atoms with Crippen molar-refractivity contribution in [2.45, 2.75) is 13.0 Å². The molecular weight excluding hydrogens is 254 g/mol. The van der Waals surface area contributed by atoms with Crippen LogP contribution in [0.1, 0.15) is 23.5 Å². The first-order valence-corrected chi connectivity index (χ1v) is 6.24. The van der Waals surface area contributed by atoms with Crippen molar-refractivity contribution in [3.63, 3.8) is 0 Å². The number of thiocarbonyl (C=S) groups is 1. The first-order valence-electron chi connectivity index (χ1n) is 4.96. The van der Waals surface area contributed by atoms with Gasteiger partial charge in [0.05, 0.1) is 17.8 Å². The SMILES string of the molecule is CC(Nc1nnccc1C(N)=S)c1nccs1. The smallest absolute Gasteiger partial charge is 0.159 e. The van der Waals surface area contributed by atoms with Gasteiger partial charge in [0.2, 0.25) is 0 Å². The molecule has 2 rings (SSSR count). The van der Waals surface area contributed by atoms with Gasteiger partial charge in [-0.25, -0.2) is 4.98 Å². The molecule has 5 nitrogen and oxygen atoms in total. The van der Waals surface area contributed by atoms with Crippen molar-refractivity contribution < 1.29 is 0 Å². The van der Waals surface area contributed by atoms with Crippen LogP contribution in [0.3, 0.4) is 0 Å². The molecule has 0 spiro atoms. The lowest BCUT2D eigenvalue weighted by Crippen LogP contribution is -2.16. The van der Waals surface area contributed by atoms with Gasteiger partial charge in [0.1, 0.15) is 10.00 Å². The van der Waals surface area contributed by atoms with Crippen molar-refractivity contribution in [3.8, 4) is 0 Å². The first-order chi connectivity index (χ1) is 8.18. The lowest BCUT2D eigenvalue weighted by molar-refractivity contribution is 0.848. The summed E-state index contributed by atoms with van der Waals surface area (Å²) in [4.78, 5) is 4.53. The summed E-state index contributed by atoms with van der Waals surface area (Å²) in [6.45, 7) is 2.00. The highest BCUT2D eigenvalue weighted by atomic mass is 32.1. The van der Waals surface area contributed by atoms with Gasteiger partial charge in [-0.15, -0.1) is 16.4 Å². The second-order valence-corrected chi connectivity index (χ2v) is 4.76. The zero-order valence-electron chi connectivity index (χ0n) is 9.12. The Morgan fingerprint density at radius 3 is 3.00 bits per heavy atom. The molecule has 0 bridgehead atoms. The number of anilines is 1. The molecule has 17 heavy (non-hydrogen) atoms. The zero-order chi connectivity index (χ0) is 12.3. The number of thiazole rings is 1. The van der Waals surface area contributed by atoms with E-state index in [9.17, 15) is 0 Å². The van der Waals surface area contributed by atoms with Gasteiger partial charge in [-0.3, -0.25) is 0 Å². The summed E-state index contributed by atoms with van der Waals surface area (Å²) < 4.78 is 0. The van der Waals surface area contributed by atoms with E-state index in [0.717, 1.165) is 5.01 Å². The molecule has 7 heteroatoms. The molecule has 2 aromatic rings. The molecule has 3 N–H and O–H groups in total. The predicted octanol–water partition coefficient (Wildman–Crippen LogP) is 1.74. The van der Waals surface area contributed by atoms with E-state index in [1.165, 1.54) is 0 Å². The van der Waals surface area contributed by atoms with Crippen molar-refractivity contribution in [2.75, 3.05) is 5.32 Å². The van der Waals surface area contributed by atoms with Crippen LogP contribution in [0, 0.1) is 0 Å². The van der Waals surface area contributed by atoms with Gasteiger partial charge in [0, 0.05) is 11.6 Å². The van der Waals surface area contributed by atoms with E-state index in [1.807, 2.05) is 12.3 Å². The molecule has 2 aromatic heterocycles. The van der Waals surface area contributed by atoms with E-state index in [-0.39, 0.29) is 6.04 Å². The second kappa shape index (κ2) is 5.15. The number of rotatable bonds is 4. The fraction of sp³-hybridized carbons (Fsp3) is 0.200. The quantitative estimate of drug-likeness (QED) is 0.820. The summed E-state index contributed by atoms with van der Waals surface area (Å²) in [6.07, 6.45) is 3.33. The van der Waals surface area contributed by atoms with Crippen LogP contribution < -0.4 is 11.1 Å². The van der Waals surface area contributed by atoms with E-state index in [0.29, 0.717) is 16.4 Å².